The minimum atomic E-state index is 0.943. The molecule has 1 N–H and O–H groups in total. The summed E-state index contributed by atoms with van der Waals surface area (Å²) in [6, 6.07) is 8.95. The Morgan fingerprint density at radius 3 is 2.90 bits per heavy atom. The molecule has 0 fully saturated rings. The molecule has 21 heavy (non-hydrogen) atoms. The van der Waals surface area contributed by atoms with Crippen molar-refractivity contribution < 1.29 is 0 Å². The maximum Gasteiger partial charge on any atom is 0.0945 e. The normalized spacial score (nSPS) is 11.3. The second-order valence-corrected chi connectivity index (χ2v) is 5.34. The van der Waals surface area contributed by atoms with Gasteiger partial charge in [0.05, 0.1) is 6.33 Å². The lowest BCUT2D eigenvalue weighted by molar-refractivity contribution is 0.573. The van der Waals surface area contributed by atoms with Gasteiger partial charge in [0.2, 0.25) is 0 Å². The second kappa shape index (κ2) is 6.59. The second-order valence-electron chi connectivity index (χ2n) is 5.34. The lowest BCUT2D eigenvalue weighted by atomic mass is 10.1. The minimum Gasteiger partial charge on any atom is -0.347 e. The van der Waals surface area contributed by atoms with Crippen molar-refractivity contribution in [3.05, 3.63) is 54.7 Å². The van der Waals surface area contributed by atoms with Gasteiger partial charge in [0, 0.05) is 43.7 Å². The largest absolute Gasteiger partial charge is 0.347 e. The zero-order valence-electron chi connectivity index (χ0n) is 12.5. The average molecular weight is 282 g/mol. The first-order valence-corrected chi connectivity index (χ1v) is 7.61. The number of fused-ring (bicyclic) bond motifs is 1. The molecule has 0 spiro atoms. The van der Waals surface area contributed by atoms with Crippen molar-refractivity contribution >= 4 is 10.9 Å². The molecule has 0 saturated carbocycles. The summed E-state index contributed by atoms with van der Waals surface area (Å²) in [5, 5.41) is 4.70. The van der Waals surface area contributed by atoms with E-state index in [1.165, 1.54) is 16.5 Å². The number of aryl methyl sites for hydroxylation is 2. The van der Waals surface area contributed by atoms with Crippen LogP contribution in [0.5, 0.6) is 0 Å². The SMILES string of the molecule is CCNCc1ccc2c(ccn2CCCn2ccnc2)c1. The van der Waals surface area contributed by atoms with Crippen LogP contribution in [0.1, 0.15) is 18.9 Å². The van der Waals surface area contributed by atoms with Crippen molar-refractivity contribution in [2.75, 3.05) is 6.54 Å². The van der Waals surface area contributed by atoms with Gasteiger partial charge in [0.15, 0.2) is 0 Å². The predicted octanol–water partition coefficient (Wildman–Crippen LogP) is 3.04. The highest BCUT2D eigenvalue weighted by Gasteiger charge is 2.02. The molecule has 0 aliphatic carbocycles. The van der Waals surface area contributed by atoms with Gasteiger partial charge in [-0.1, -0.05) is 13.0 Å². The van der Waals surface area contributed by atoms with Crippen LogP contribution in [0.15, 0.2) is 49.2 Å². The van der Waals surface area contributed by atoms with E-state index in [0.29, 0.717) is 0 Å². The number of hydrogen-bond acceptors (Lipinski definition) is 2. The van der Waals surface area contributed by atoms with E-state index in [-0.39, 0.29) is 0 Å². The number of hydrogen-bond donors (Lipinski definition) is 1. The average Bonchev–Trinajstić information content (AvgIpc) is 3.15. The van der Waals surface area contributed by atoms with Gasteiger partial charge in [-0.15, -0.1) is 0 Å². The summed E-state index contributed by atoms with van der Waals surface area (Å²) < 4.78 is 4.46. The number of rotatable bonds is 7. The minimum absolute atomic E-state index is 0.943. The monoisotopic (exact) mass is 282 g/mol. The molecule has 0 amide bonds. The molecule has 110 valence electrons. The molecule has 4 heteroatoms. The Morgan fingerprint density at radius 2 is 2.10 bits per heavy atom. The summed E-state index contributed by atoms with van der Waals surface area (Å²) in [6.45, 7) is 6.13. The summed E-state index contributed by atoms with van der Waals surface area (Å²) in [6.07, 6.45) is 9.02. The van der Waals surface area contributed by atoms with Crippen LogP contribution < -0.4 is 5.32 Å². The Kier molecular flexibility index (Phi) is 4.36. The molecule has 0 radical (unpaired) electrons. The van der Waals surface area contributed by atoms with E-state index < -0.39 is 0 Å². The molecule has 0 saturated heterocycles. The molecule has 0 aliphatic heterocycles. The Bertz CT molecular complexity index is 682. The van der Waals surface area contributed by atoms with Crippen LogP contribution in [0.2, 0.25) is 0 Å². The quantitative estimate of drug-likeness (QED) is 0.723. The molecule has 3 aromatic rings. The van der Waals surface area contributed by atoms with Crippen molar-refractivity contribution in [2.24, 2.45) is 0 Å². The van der Waals surface area contributed by atoms with Gasteiger partial charge in [-0.25, -0.2) is 4.98 Å². The van der Waals surface area contributed by atoms with E-state index in [2.05, 4.69) is 56.8 Å². The van der Waals surface area contributed by atoms with E-state index in [4.69, 9.17) is 0 Å². The van der Waals surface area contributed by atoms with Crippen molar-refractivity contribution in [3.8, 4) is 0 Å². The van der Waals surface area contributed by atoms with E-state index in [1.807, 2.05) is 18.7 Å². The van der Waals surface area contributed by atoms with E-state index >= 15 is 0 Å². The molecule has 4 nitrogen and oxygen atoms in total. The maximum atomic E-state index is 4.07. The van der Waals surface area contributed by atoms with Crippen LogP contribution in [0.3, 0.4) is 0 Å². The van der Waals surface area contributed by atoms with Gasteiger partial charge < -0.3 is 14.5 Å². The fourth-order valence-electron chi connectivity index (χ4n) is 2.67. The first-order valence-electron chi connectivity index (χ1n) is 7.61. The van der Waals surface area contributed by atoms with Gasteiger partial charge in [-0.05, 0) is 42.1 Å². The first kappa shape index (κ1) is 13.9. The third kappa shape index (κ3) is 3.34. The highest BCUT2D eigenvalue weighted by molar-refractivity contribution is 5.80. The van der Waals surface area contributed by atoms with Crippen LogP contribution >= 0.6 is 0 Å². The number of aromatic nitrogens is 3. The predicted molar refractivity (Wildman–Crippen MR) is 86.2 cm³/mol. The summed E-state index contributed by atoms with van der Waals surface area (Å²) in [5.74, 6) is 0. The van der Waals surface area contributed by atoms with Crippen molar-refractivity contribution in [3.63, 3.8) is 0 Å². The highest BCUT2D eigenvalue weighted by Crippen LogP contribution is 2.18. The van der Waals surface area contributed by atoms with Crippen LogP contribution in [0.4, 0.5) is 0 Å². The molecule has 1 aromatic carbocycles. The topological polar surface area (TPSA) is 34.8 Å². The molecule has 0 unspecified atom stereocenters. The van der Waals surface area contributed by atoms with Gasteiger partial charge >= 0.3 is 0 Å². The first-order chi connectivity index (χ1) is 10.4. The van der Waals surface area contributed by atoms with Gasteiger partial charge in [-0.2, -0.15) is 0 Å². The van der Waals surface area contributed by atoms with Crippen molar-refractivity contribution in [1.29, 1.82) is 0 Å². The number of nitrogens with zero attached hydrogens (tertiary/aromatic N) is 3. The van der Waals surface area contributed by atoms with Gasteiger partial charge in [0.25, 0.3) is 0 Å². The lowest BCUT2D eigenvalue weighted by Gasteiger charge is -2.07. The van der Waals surface area contributed by atoms with Crippen LogP contribution in [0.25, 0.3) is 10.9 Å². The number of imidazole rings is 1. The van der Waals surface area contributed by atoms with Crippen molar-refractivity contribution in [1.82, 2.24) is 19.4 Å². The molecule has 2 aromatic heterocycles. The highest BCUT2D eigenvalue weighted by atomic mass is 15.0. The van der Waals surface area contributed by atoms with E-state index in [1.54, 1.807) is 0 Å². The standard InChI is InChI=1S/C17H22N4/c1-2-18-13-15-4-5-17-16(12-15)6-10-21(17)9-3-8-20-11-7-19-14-20/h4-7,10-12,14,18H,2-3,8-9,13H2,1H3. The number of nitrogens with one attached hydrogen (secondary N) is 1. The lowest BCUT2D eigenvalue weighted by Crippen LogP contribution is -2.11. The van der Waals surface area contributed by atoms with Crippen LogP contribution in [0, 0.1) is 0 Å². The van der Waals surface area contributed by atoms with Gasteiger partial charge in [0.1, 0.15) is 0 Å². The van der Waals surface area contributed by atoms with Crippen LogP contribution in [-0.2, 0) is 19.6 Å². The Labute approximate surface area is 125 Å². The molecular weight excluding hydrogens is 260 g/mol. The molecule has 0 bridgehead atoms. The molecule has 3 rings (SSSR count). The molecule has 2 heterocycles. The zero-order valence-corrected chi connectivity index (χ0v) is 12.5. The Morgan fingerprint density at radius 1 is 1.14 bits per heavy atom. The zero-order chi connectivity index (χ0) is 14.5. The summed E-state index contributed by atoms with van der Waals surface area (Å²) >= 11 is 0. The van der Waals surface area contributed by atoms with E-state index in [0.717, 1.165) is 32.6 Å². The fourth-order valence-corrected chi connectivity index (χ4v) is 2.67. The van der Waals surface area contributed by atoms with Crippen molar-refractivity contribution in [2.45, 2.75) is 33.0 Å². The Balaban J connectivity index is 1.65. The Hall–Kier alpha value is -2.07. The van der Waals surface area contributed by atoms with Crippen LogP contribution in [-0.4, -0.2) is 20.7 Å². The molecule has 0 aliphatic rings. The third-order valence-electron chi connectivity index (χ3n) is 3.79. The summed E-state index contributed by atoms with van der Waals surface area (Å²) in [7, 11) is 0. The van der Waals surface area contributed by atoms with Gasteiger partial charge in [-0.3, -0.25) is 0 Å². The third-order valence-corrected chi connectivity index (χ3v) is 3.79. The summed E-state index contributed by atoms with van der Waals surface area (Å²) in [5.41, 5.74) is 2.67. The smallest absolute Gasteiger partial charge is 0.0945 e. The molecular formula is C17H22N4. The van der Waals surface area contributed by atoms with E-state index in [9.17, 15) is 0 Å². The molecule has 0 atom stereocenters. The maximum absolute atomic E-state index is 4.07. The fraction of sp³-hybridized carbons (Fsp3) is 0.353. The number of benzene rings is 1. The summed E-state index contributed by atoms with van der Waals surface area (Å²) in [4.78, 5) is 4.07.